The van der Waals surface area contributed by atoms with Gasteiger partial charge < -0.3 is 19.9 Å². The molecule has 4 nitrogen and oxygen atoms in total. The van der Waals surface area contributed by atoms with Gasteiger partial charge in [0.05, 0.1) is 14.2 Å². The number of hydrogen-bond acceptors (Lipinski definition) is 4. The van der Waals surface area contributed by atoms with Crippen molar-refractivity contribution < 1.29 is 14.2 Å². The molecule has 2 rings (SSSR count). The van der Waals surface area contributed by atoms with E-state index in [9.17, 15) is 0 Å². The highest BCUT2D eigenvalue weighted by Gasteiger charge is 2.07. The molecule has 0 aliphatic heterocycles. The highest BCUT2D eigenvalue weighted by Crippen LogP contribution is 2.31. The lowest BCUT2D eigenvalue weighted by Crippen LogP contribution is -2.08. The summed E-state index contributed by atoms with van der Waals surface area (Å²) in [6, 6.07) is 13.3. The Bertz CT molecular complexity index is 576. The van der Waals surface area contributed by atoms with E-state index in [-0.39, 0.29) is 6.04 Å². The van der Waals surface area contributed by atoms with E-state index in [1.165, 1.54) is 0 Å². The second kappa shape index (κ2) is 6.99. The molecule has 0 spiro atoms. The van der Waals surface area contributed by atoms with Crippen LogP contribution in [0.4, 0.5) is 0 Å². The molecule has 0 radical (unpaired) electrons. The van der Waals surface area contributed by atoms with Gasteiger partial charge in [-0.05, 0) is 24.1 Å². The minimum Gasteiger partial charge on any atom is -0.496 e. The van der Waals surface area contributed by atoms with Crippen LogP contribution in [0.2, 0.25) is 0 Å². The first kappa shape index (κ1) is 15.2. The van der Waals surface area contributed by atoms with E-state index in [1.807, 2.05) is 36.4 Å². The van der Waals surface area contributed by atoms with Crippen LogP contribution in [0.3, 0.4) is 0 Å². The molecule has 0 amide bonds. The molecule has 0 aliphatic carbocycles. The number of methoxy groups -OCH3 is 2. The van der Waals surface area contributed by atoms with Gasteiger partial charge in [0.15, 0.2) is 0 Å². The maximum absolute atomic E-state index is 6.05. The summed E-state index contributed by atoms with van der Waals surface area (Å²) in [5, 5.41) is 0. The van der Waals surface area contributed by atoms with Crippen molar-refractivity contribution in [1.29, 1.82) is 0 Å². The van der Waals surface area contributed by atoms with E-state index in [0.717, 1.165) is 17.7 Å². The third kappa shape index (κ3) is 3.89. The SMILES string of the molecule is CCC(N)c1cccc(Oc2cc(OC)cc(OC)c2)c1. The molecule has 2 aromatic rings. The molecule has 2 N–H and O–H groups in total. The van der Waals surface area contributed by atoms with Gasteiger partial charge in [0, 0.05) is 24.2 Å². The third-order valence-electron chi connectivity index (χ3n) is 3.29. The summed E-state index contributed by atoms with van der Waals surface area (Å²) in [6.45, 7) is 2.06. The zero-order chi connectivity index (χ0) is 15.2. The van der Waals surface area contributed by atoms with Gasteiger partial charge in [0.1, 0.15) is 23.0 Å². The summed E-state index contributed by atoms with van der Waals surface area (Å²) in [5.74, 6) is 2.77. The molecule has 4 heteroatoms. The summed E-state index contributed by atoms with van der Waals surface area (Å²) < 4.78 is 16.4. The quantitative estimate of drug-likeness (QED) is 0.875. The fourth-order valence-electron chi connectivity index (χ4n) is 2.02. The van der Waals surface area contributed by atoms with Crippen molar-refractivity contribution in [3.05, 3.63) is 48.0 Å². The second-order valence-electron chi connectivity index (χ2n) is 4.74. The average Bonchev–Trinajstić information content (AvgIpc) is 2.53. The summed E-state index contributed by atoms with van der Waals surface area (Å²) in [5.41, 5.74) is 7.11. The molecule has 1 unspecified atom stereocenters. The van der Waals surface area contributed by atoms with Gasteiger partial charge in [0.2, 0.25) is 0 Å². The van der Waals surface area contributed by atoms with Crippen LogP contribution >= 0.6 is 0 Å². The zero-order valence-electron chi connectivity index (χ0n) is 12.6. The van der Waals surface area contributed by atoms with Crippen molar-refractivity contribution in [2.45, 2.75) is 19.4 Å². The summed E-state index contributed by atoms with van der Waals surface area (Å²) >= 11 is 0. The van der Waals surface area contributed by atoms with E-state index in [0.29, 0.717) is 17.2 Å². The fourth-order valence-corrected chi connectivity index (χ4v) is 2.02. The Morgan fingerprint density at radius 2 is 1.52 bits per heavy atom. The van der Waals surface area contributed by atoms with E-state index in [2.05, 4.69) is 6.92 Å². The third-order valence-corrected chi connectivity index (χ3v) is 3.29. The van der Waals surface area contributed by atoms with E-state index < -0.39 is 0 Å². The van der Waals surface area contributed by atoms with Crippen LogP contribution < -0.4 is 19.9 Å². The van der Waals surface area contributed by atoms with Crippen molar-refractivity contribution in [2.75, 3.05) is 14.2 Å². The summed E-state index contributed by atoms with van der Waals surface area (Å²) in [4.78, 5) is 0. The Balaban J connectivity index is 2.25. The van der Waals surface area contributed by atoms with Gasteiger partial charge in [-0.1, -0.05) is 19.1 Å². The molecule has 2 aromatic carbocycles. The van der Waals surface area contributed by atoms with Gasteiger partial charge in [-0.15, -0.1) is 0 Å². The molecule has 21 heavy (non-hydrogen) atoms. The van der Waals surface area contributed by atoms with E-state index in [4.69, 9.17) is 19.9 Å². The van der Waals surface area contributed by atoms with Crippen LogP contribution in [0.25, 0.3) is 0 Å². The smallest absolute Gasteiger partial charge is 0.134 e. The lowest BCUT2D eigenvalue weighted by Gasteiger charge is -2.13. The number of ether oxygens (including phenoxy) is 3. The predicted molar refractivity (Wildman–Crippen MR) is 83.3 cm³/mol. The molecule has 0 heterocycles. The summed E-state index contributed by atoms with van der Waals surface area (Å²) in [6.07, 6.45) is 0.885. The highest BCUT2D eigenvalue weighted by atomic mass is 16.5. The minimum atomic E-state index is 0.0217. The van der Waals surface area contributed by atoms with Gasteiger partial charge in [0.25, 0.3) is 0 Å². The molecule has 112 valence electrons. The van der Waals surface area contributed by atoms with Crippen LogP contribution in [0.1, 0.15) is 24.9 Å². The van der Waals surface area contributed by atoms with Crippen molar-refractivity contribution >= 4 is 0 Å². The molecule has 0 fully saturated rings. The van der Waals surface area contributed by atoms with Gasteiger partial charge in [-0.3, -0.25) is 0 Å². The molecule has 0 saturated carbocycles. The van der Waals surface area contributed by atoms with Crippen molar-refractivity contribution in [3.63, 3.8) is 0 Å². The Morgan fingerprint density at radius 3 is 2.10 bits per heavy atom. The highest BCUT2D eigenvalue weighted by molar-refractivity contribution is 5.44. The molecule has 1 atom stereocenters. The van der Waals surface area contributed by atoms with Crippen molar-refractivity contribution in [1.82, 2.24) is 0 Å². The molecule has 0 aromatic heterocycles. The van der Waals surface area contributed by atoms with Gasteiger partial charge in [-0.25, -0.2) is 0 Å². The second-order valence-corrected chi connectivity index (χ2v) is 4.74. The Hall–Kier alpha value is -2.20. The Labute approximate surface area is 125 Å². The normalized spacial score (nSPS) is 11.8. The lowest BCUT2D eigenvalue weighted by molar-refractivity contribution is 0.386. The first-order chi connectivity index (χ1) is 10.2. The van der Waals surface area contributed by atoms with Gasteiger partial charge >= 0.3 is 0 Å². The number of nitrogens with two attached hydrogens (primary N) is 1. The van der Waals surface area contributed by atoms with E-state index in [1.54, 1.807) is 20.3 Å². The summed E-state index contributed by atoms with van der Waals surface area (Å²) in [7, 11) is 3.22. The minimum absolute atomic E-state index is 0.0217. The lowest BCUT2D eigenvalue weighted by atomic mass is 10.1. The zero-order valence-corrected chi connectivity index (χ0v) is 12.6. The first-order valence-electron chi connectivity index (χ1n) is 6.92. The maximum atomic E-state index is 6.05. The standard InChI is InChI=1S/C17H21NO3/c1-4-17(18)12-6-5-7-13(8-12)21-16-10-14(19-2)9-15(11-16)20-3/h5-11,17H,4,18H2,1-3H3. The molecule has 0 aliphatic rings. The number of benzene rings is 2. The fraction of sp³-hybridized carbons (Fsp3) is 0.294. The average molecular weight is 287 g/mol. The number of hydrogen-bond donors (Lipinski definition) is 1. The Kier molecular flexibility index (Phi) is 5.06. The maximum Gasteiger partial charge on any atom is 0.134 e. The topological polar surface area (TPSA) is 53.7 Å². The van der Waals surface area contributed by atoms with E-state index >= 15 is 0 Å². The van der Waals surface area contributed by atoms with Crippen LogP contribution in [0, 0.1) is 0 Å². The molecule has 0 bridgehead atoms. The van der Waals surface area contributed by atoms with Crippen LogP contribution in [-0.4, -0.2) is 14.2 Å². The van der Waals surface area contributed by atoms with Gasteiger partial charge in [-0.2, -0.15) is 0 Å². The first-order valence-corrected chi connectivity index (χ1v) is 6.92. The van der Waals surface area contributed by atoms with Crippen molar-refractivity contribution in [2.24, 2.45) is 5.73 Å². The van der Waals surface area contributed by atoms with Crippen LogP contribution in [0.15, 0.2) is 42.5 Å². The largest absolute Gasteiger partial charge is 0.496 e. The number of rotatable bonds is 6. The van der Waals surface area contributed by atoms with Crippen molar-refractivity contribution in [3.8, 4) is 23.0 Å². The monoisotopic (exact) mass is 287 g/mol. The molecular weight excluding hydrogens is 266 g/mol. The van der Waals surface area contributed by atoms with Crippen LogP contribution in [-0.2, 0) is 0 Å². The molecule has 0 saturated heterocycles. The predicted octanol–water partition coefficient (Wildman–Crippen LogP) is 3.91. The van der Waals surface area contributed by atoms with Crippen LogP contribution in [0.5, 0.6) is 23.0 Å². The molecular formula is C17H21NO3. The Morgan fingerprint density at radius 1 is 0.905 bits per heavy atom.